The third kappa shape index (κ3) is 3.32. The molecule has 162 valence electrons. The third-order valence-corrected chi connectivity index (χ3v) is 7.61. The van der Waals surface area contributed by atoms with Crippen molar-refractivity contribution in [2.45, 2.75) is 50.5 Å². The average molecular weight is 417 g/mol. The van der Waals surface area contributed by atoms with Crippen molar-refractivity contribution in [1.82, 2.24) is 0 Å². The maximum Gasteiger partial charge on any atom is 0.115 e. The topological polar surface area (TPSA) is 60.7 Å². The van der Waals surface area contributed by atoms with Crippen LogP contribution in [0.25, 0.3) is 0 Å². The third-order valence-electron chi connectivity index (χ3n) is 7.61. The molecule has 3 heteroatoms. The van der Waals surface area contributed by atoms with Gasteiger partial charge in [0.2, 0.25) is 0 Å². The zero-order valence-corrected chi connectivity index (χ0v) is 18.5. The molecule has 3 aromatic rings. The van der Waals surface area contributed by atoms with Gasteiger partial charge in [-0.1, -0.05) is 75.4 Å². The van der Waals surface area contributed by atoms with Gasteiger partial charge < -0.3 is 15.3 Å². The first-order valence-electron chi connectivity index (χ1n) is 11.1. The van der Waals surface area contributed by atoms with Crippen LogP contribution in [0.2, 0.25) is 0 Å². The molecule has 0 aromatic heterocycles. The number of benzene rings is 3. The minimum absolute atomic E-state index is 0.138. The number of aromatic hydroxyl groups is 2. The number of phenols is 2. The predicted octanol–water partition coefficient (Wildman–Crippen LogP) is 5.77. The van der Waals surface area contributed by atoms with Crippen molar-refractivity contribution in [1.29, 1.82) is 0 Å². The van der Waals surface area contributed by atoms with Crippen molar-refractivity contribution in [2.24, 2.45) is 11.8 Å². The van der Waals surface area contributed by atoms with Gasteiger partial charge >= 0.3 is 0 Å². The molecule has 1 saturated carbocycles. The van der Waals surface area contributed by atoms with E-state index in [1.807, 2.05) is 42.5 Å². The van der Waals surface area contributed by atoms with Crippen LogP contribution in [0.1, 0.15) is 50.3 Å². The molecule has 0 spiro atoms. The van der Waals surface area contributed by atoms with Gasteiger partial charge in [-0.15, -0.1) is 0 Å². The molecular weight excluding hydrogens is 384 g/mol. The molecule has 0 heterocycles. The Morgan fingerprint density at radius 3 is 1.74 bits per heavy atom. The van der Waals surface area contributed by atoms with Gasteiger partial charge in [0.1, 0.15) is 11.5 Å². The summed E-state index contributed by atoms with van der Waals surface area (Å²) in [4.78, 5) is 0. The summed E-state index contributed by atoms with van der Waals surface area (Å²) in [5.41, 5.74) is 2.00. The Balaban J connectivity index is 2.07. The predicted molar refractivity (Wildman–Crippen MR) is 124 cm³/mol. The zero-order valence-electron chi connectivity index (χ0n) is 18.5. The van der Waals surface area contributed by atoms with Crippen molar-refractivity contribution in [2.75, 3.05) is 0 Å². The van der Waals surface area contributed by atoms with Crippen LogP contribution < -0.4 is 0 Å². The van der Waals surface area contributed by atoms with Crippen LogP contribution in [0.15, 0.2) is 78.9 Å². The highest BCUT2D eigenvalue weighted by Crippen LogP contribution is 2.59. The highest BCUT2D eigenvalue weighted by atomic mass is 16.3. The number of phenolic OH excluding ortho intramolecular Hbond substituents is 2. The molecule has 4 unspecified atom stereocenters. The van der Waals surface area contributed by atoms with E-state index in [1.54, 1.807) is 24.3 Å². The fourth-order valence-electron chi connectivity index (χ4n) is 5.93. The summed E-state index contributed by atoms with van der Waals surface area (Å²) < 4.78 is 0. The first-order valence-corrected chi connectivity index (χ1v) is 11.1. The van der Waals surface area contributed by atoms with E-state index in [-0.39, 0.29) is 17.4 Å². The van der Waals surface area contributed by atoms with Crippen molar-refractivity contribution in [3.05, 3.63) is 95.6 Å². The zero-order chi connectivity index (χ0) is 22.2. The molecule has 1 aliphatic carbocycles. The molecule has 3 aromatic carbocycles. The largest absolute Gasteiger partial charge is 0.508 e. The Bertz CT molecular complexity index is 1010. The summed E-state index contributed by atoms with van der Waals surface area (Å²) >= 11 is 0. The van der Waals surface area contributed by atoms with Gasteiger partial charge in [0, 0.05) is 5.41 Å². The lowest BCUT2D eigenvalue weighted by atomic mass is 9.45. The molecule has 31 heavy (non-hydrogen) atoms. The van der Waals surface area contributed by atoms with E-state index >= 15 is 0 Å². The first-order chi connectivity index (χ1) is 14.8. The summed E-state index contributed by atoms with van der Waals surface area (Å²) in [6.07, 6.45) is 1.20. The van der Waals surface area contributed by atoms with Gasteiger partial charge in [0.25, 0.3) is 0 Å². The molecule has 0 radical (unpaired) electrons. The lowest BCUT2D eigenvalue weighted by molar-refractivity contribution is -0.0470. The van der Waals surface area contributed by atoms with E-state index in [0.717, 1.165) is 29.5 Å². The highest BCUT2D eigenvalue weighted by Gasteiger charge is 2.60. The Labute approximate surface area is 185 Å². The highest BCUT2D eigenvalue weighted by molar-refractivity contribution is 5.52. The van der Waals surface area contributed by atoms with Gasteiger partial charge in [-0.3, -0.25) is 0 Å². The number of hydrogen-bond acceptors (Lipinski definition) is 3. The fourth-order valence-corrected chi connectivity index (χ4v) is 5.93. The monoisotopic (exact) mass is 416 g/mol. The van der Waals surface area contributed by atoms with Gasteiger partial charge in [0.05, 0.1) is 11.5 Å². The molecule has 0 saturated heterocycles. The van der Waals surface area contributed by atoms with Gasteiger partial charge in [-0.2, -0.15) is 0 Å². The Hall–Kier alpha value is -2.78. The second kappa shape index (κ2) is 8.05. The molecule has 0 bridgehead atoms. The molecule has 0 aliphatic heterocycles. The summed E-state index contributed by atoms with van der Waals surface area (Å²) in [6.45, 7) is 6.60. The molecule has 4 atom stereocenters. The molecule has 0 amide bonds. The van der Waals surface area contributed by atoms with Crippen molar-refractivity contribution >= 4 is 0 Å². The van der Waals surface area contributed by atoms with Crippen LogP contribution >= 0.6 is 0 Å². The summed E-state index contributed by atoms with van der Waals surface area (Å²) in [6, 6.07) is 25.0. The van der Waals surface area contributed by atoms with Gasteiger partial charge in [-0.25, -0.2) is 0 Å². The van der Waals surface area contributed by atoms with Crippen LogP contribution in [0.5, 0.6) is 11.5 Å². The first kappa shape index (κ1) is 21.5. The van der Waals surface area contributed by atoms with Crippen LogP contribution in [0, 0.1) is 11.8 Å². The van der Waals surface area contributed by atoms with Gasteiger partial charge in [0.15, 0.2) is 0 Å². The number of hydrogen-bond donors (Lipinski definition) is 3. The summed E-state index contributed by atoms with van der Waals surface area (Å²) in [5.74, 6) is 0.918. The number of aliphatic hydroxyl groups excluding tert-OH is 1. The molecule has 3 nitrogen and oxygen atoms in total. The van der Waals surface area contributed by atoms with E-state index in [9.17, 15) is 15.3 Å². The van der Waals surface area contributed by atoms with E-state index in [0.29, 0.717) is 5.92 Å². The van der Waals surface area contributed by atoms with Crippen LogP contribution in [0.4, 0.5) is 0 Å². The Morgan fingerprint density at radius 2 is 1.23 bits per heavy atom. The fraction of sp³-hybridized carbons (Fsp3) is 0.357. The normalized spacial score (nSPS) is 28.5. The maximum atomic E-state index is 12.2. The minimum atomic E-state index is -0.716. The Kier molecular flexibility index (Phi) is 5.57. The molecule has 4 rings (SSSR count). The van der Waals surface area contributed by atoms with Crippen molar-refractivity contribution < 1.29 is 15.3 Å². The van der Waals surface area contributed by atoms with E-state index in [1.165, 1.54) is 0 Å². The van der Waals surface area contributed by atoms with Crippen molar-refractivity contribution in [3.8, 4) is 11.5 Å². The molecule has 3 N–H and O–H groups in total. The molecule has 1 fully saturated rings. The number of aliphatic hydroxyl groups is 1. The molecular formula is C28H32O3. The Morgan fingerprint density at radius 1 is 0.742 bits per heavy atom. The standard InChI is InChI=1S/C28H32O3/c1-19(2)25-17-18-27(3,20-9-13-23(29)14-10-20)28(26(25)31,21-7-5-4-6-8-21)22-11-15-24(30)16-12-22/h4-16,19,25-26,29-31H,17-18H2,1-3H3. The lowest BCUT2D eigenvalue weighted by Crippen LogP contribution is -2.61. The van der Waals surface area contributed by atoms with Crippen LogP contribution in [0.3, 0.4) is 0 Å². The average Bonchev–Trinajstić information content (AvgIpc) is 2.76. The number of rotatable bonds is 4. The lowest BCUT2D eigenvalue weighted by Gasteiger charge is -2.59. The second-order valence-corrected chi connectivity index (χ2v) is 9.49. The molecule has 1 aliphatic rings. The van der Waals surface area contributed by atoms with E-state index in [4.69, 9.17) is 0 Å². The van der Waals surface area contributed by atoms with E-state index < -0.39 is 16.9 Å². The quantitative estimate of drug-likeness (QED) is 0.506. The smallest absolute Gasteiger partial charge is 0.115 e. The van der Waals surface area contributed by atoms with Crippen LogP contribution in [-0.2, 0) is 10.8 Å². The van der Waals surface area contributed by atoms with E-state index in [2.05, 4.69) is 32.9 Å². The maximum absolute atomic E-state index is 12.2. The summed E-state index contributed by atoms with van der Waals surface area (Å²) in [7, 11) is 0. The minimum Gasteiger partial charge on any atom is -0.508 e. The second-order valence-electron chi connectivity index (χ2n) is 9.49. The SMILES string of the molecule is CC(C)C1CCC(C)(c2ccc(O)cc2)C(c2ccccc2)(c2ccc(O)cc2)C1O. The van der Waals surface area contributed by atoms with Gasteiger partial charge in [-0.05, 0) is 65.6 Å². The van der Waals surface area contributed by atoms with Crippen LogP contribution in [-0.4, -0.2) is 21.4 Å². The van der Waals surface area contributed by atoms with Crippen molar-refractivity contribution in [3.63, 3.8) is 0 Å². The summed E-state index contributed by atoms with van der Waals surface area (Å²) in [5, 5.41) is 32.1.